The van der Waals surface area contributed by atoms with Gasteiger partial charge in [-0.1, -0.05) is 29.8 Å². The monoisotopic (exact) mass is 516 g/mol. The lowest BCUT2D eigenvalue weighted by atomic mass is 10.1. The minimum atomic E-state index is -4.06. The Morgan fingerprint density at radius 1 is 1.00 bits per heavy atom. The molecule has 5 rings (SSSR count). The lowest BCUT2D eigenvalue weighted by Crippen LogP contribution is -2.31. The number of sulfone groups is 1. The average Bonchev–Trinajstić information content (AvgIpc) is 3.24. The third-order valence-corrected chi connectivity index (χ3v) is 8.03. The van der Waals surface area contributed by atoms with Crippen LogP contribution in [0.15, 0.2) is 80.9 Å². The van der Waals surface area contributed by atoms with Crippen molar-refractivity contribution in [2.75, 3.05) is 11.5 Å². The fourth-order valence-corrected chi connectivity index (χ4v) is 5.96. The van der Waals surface area contributed by atoms with E-state index in [9.17, 15) is 18.0 Å². The molecule has 0 aliphatic carbocycles. The van der Waals surface area contributed by atoms with E-state index in [1.165, 1.54) is 35.2 Å². The Morgan fingerprint density at radius 2 is 1.78 bits per heavy atom. The van der Waals surface area contributed by atoms with Crippen LogP contribution in [0.2, 0.25) is 0 Å². The van der Waals surface area contributed by atoms with Gasteiger partial charge in [0, 0.05) is 5.56 Å². The molecule has 1 amide bonds. The Balaban J connectivity index is 1.67. The Labute approximate surface area is 214 Å². The molecule has 0 spiro atoms. The zero-order valence-electron chi connectivity index (χ0n) is 20.5. The molecular formula is C28H24N2O6S. The number of hydrogen-bond acceptors (Lipinski definition) is 7. The molecule has 37 heavy (non-hydrogen) atoms. The van der Waals surface area contributed by atoms with E-state index in [0.717, 1.165) is 11.1 Å². The summed E-state index contributed by atoms with van der Waals surface area (Å²) in [5, 5.41) is 0. The lowest BCUT2D eigenvalue weighted by molar-refractivity contribution is 0.0526. The second-order valence-electron chi connectivity index (χ2n) is 8.69. The van der Waals surface area contributed by atoms with Gasteiger partial charge in [-0.25, -0.2) is 18.2 Å². The molecule has 0 N–H and O–H groups in total. The van der Waals surface area contributed by atoms with Gasteiger partial charge in [0.1, 0.15) is 11.5 Å². The van der Waals surface area contributed by atoms with Crippen molar-refractivity contribution in [2.24, 2.45) is 0 Å². The molecule has 9 heteroatoms. The first kappa shape index (κ1) is 24.5. The normalized spacial score (nSPS) is 14.0. The third kappa shape index (κ3) is 4.31. The van der Waals surface area contributed by atoms with Crippen LogP contribution in [0.1, 0.15) is 44.7 Å². The highest BCUT2D eigenvalue weighted by Crippen LogP contribution is 2.38. The van der Waals surface area contributed by atoms with E-state index in [2.05, 4.69) is 4.98 Å². The number of aromatic nitrogens is 1. The molecule has 0 saturated heterocycles. The number of esters is 1. The van der Waals surface area contributed by atoms with E-state index in [1.54, 1.807) is 26.0 Å². The van der Waals surface area contributed by atoms with Gasteiger partial charge in [-0.2, -0.15) is 0 Å². The van der Waals surface area contributed by atoms with Gasteiger partial charge in [0.2, 0.25) is 15.7 Å². The van der Waals surface area contributed by atoms with Crippen molar-refractivity contribution in [2.45, 2.75) is 37.1 Å². The van der Waals surface area contributed by atoms with Crippen molar-refractivity contribution < 1.29 is 27.2 Å². The van der Waals surface area contributed by atoms with Gasteiger partial charge < -0.3 is 14.1 Å². The molecule has 0 atom stereocenters. The maximum Gasteiger partial charge on any atom is 0.338 e. The van der Waals surface area contributed by atoms with Crippen molar-refractivity contribution in [1.82, 2.24) is 4.98 Å². The Kier molecular flexibility index (Phi) is 6.16. The van der Waals surface area contributed by atoms with Crippen LogP contribution in [-0.2, 0) is 21.1 Å². The third-order valence-electron chi connectivity index (χ3n) is 6.17. The summed E-state index contributed by atoms with van der Waals surface area (Å²) in [6, 6.07) is 17.9. The number of carbonyl (C=O) groups excluding carboxylic acids is 2. The van der Waals surface area contributed by atoms with Gasteiger partial charge in [0.25, 0.3) is 5.91 Å². The maximum atomic E-state index is 13.8. The number of benzene rings is 3. The molecule has 0 bridgehead atoms. The molecule has 188 valence electrons. The molecule has 0 radical (unpaired) electrons. The van der Waals surface area contributed by atoms with E-state index in [0.29, 0.717) is 17.3 Å². The predicted octanol–water partition coefficient (Wildman–Crippen LogP) is 5.13. The van der Waals surface area contributed by atoms with Crippen LogP contribution in [-0.4, -0.2) is 31.9 Å². The van der Waals surface area contributed by atoms with Crippen LogP contribution in [0.3, 0.4) is 0 Å². The summed E-state index contributed by atoms with van der Waals surface area (Å²) >= 11 is 0. The molecule has 3 aromatic carbocycles. The zero-order chi connectivity index (χ0) is 26.3. The Hall–Kier alpha value is -4.24. The average molecular weight is 517 g/mol. The van der Waals surface area contributed by atoms with Crippen LogP contribution >= 0.6 is 0 Å². The molecule has 1 aliphatic heterocycles. The minimum Gasteiger partial charge on any atom is -0.462 e. The Bertz CT molecular complexity index is 1650. The molecule has 1 aromatic heterocycles. The number of nitrogens with zero attached hydrogens (tertiary/aromatic N) is 2. The summed E-state index contributed by atoms with van der Waals surface area (Å²) in [7, 11) is -4.06. The van der Waals surface area contributed by atoms with E-state index in [-0.39, 0.29) is 39.8 Å². The second-order valence-corrected chi connectivity index (χ2v) is 10.6. The van der Waals surface area contributed by atoms with Crippen molar-refractivity contribution >= 4 is 27.4 Å². The summed E-state index contributed by atoms with van der Waals surface area (Å²) < 4.78 is 38.3. The van der Waals surface area contributed by atoms with Crippen molar-refractivity contribution in [3.8, 4) is 11.5 Å². The molecule has 2 heterocycles. The first-order chi connectivity index (χ1) is 17.7. The molecule has 0 fully saturated rings. The number of fused-ring (bicyclic) bond motifs is 2. The first-order valence-electron chi connectivity index (χ1n) is 11.7. The summed E-state index contributed by atoms with van der Waals surface area (Å²) in [6.07, 6.45) is 0. The molecule has 0 unspecified atom stereocenters. The summed E-state index contributed by atoms with van der Waals surface area (Å²) in [5.41, 5.74) is 2.54. The number of ether oxygens (including phenoxy) is 1. The highest BCUT2D eigenvalue weighted by molar-refractivity contribution is 7.91. The maximum absolute atomic E-state index is 13.8. The standard InChI is InChI=1S/C28H24N2O6S/c1-4-35-28(32)20-12-13-25-23(15-20)30(27(31)21-10-5-6-11-24(21)37(25,33)34)16-22-18(3)36-26(29-22)19-9-7-8-17(2)14-19/h5-15H,4,16H2,1-3H3. The van der Waals surface area contributed by atoms with E-state index in [4.69, 9.17) is 9.15 Å². The minimum absolute atomic E-state index is 0.0384. The van der Waals surface area contributed by atoms with Crippen LogP contribution < -0.4 is 4.90 Å². The van der Waals surface area contributed by atoms with E-state index in [1.807, 2.05) is 31.2 Å². The number of oxazole rings is 1. The summed E-state index contributed by atoms with van der Waals surface area (Å²) in [6.45, 7) is 5.47. The number of hydrogen-bond donors (Lipinski definition) is 0. The molecular weight excluding hydrogens is 492 g/mol. The summed E-state index contributed by atoms with van der Waals surface area (Å²) in [4.78, 5) is 32.1. The predicted molar refractivity (Wildman–Crippen MR) is 136 cm³/mol. The van der Waals surface area contributed by atoms with Gasteiger partial charge in [-0.3, -0.25) is 4.79 Å². The number of carbonyl (C=O) groups is 2. The summed E-state index contributed by atoms with van der Waals surface area (Å²) in [5.74, 6) is -0.255. The molecule has 1 aliphatic rings. The number of rotatable bonds is 5. The van der Waals surface area contributed by atoms with Crippen LogP contribution in [0.4, 0.5) is 5.69 Å². The van der Waals surface area contributed by atoms with Gasteiger partial charge in [0.05, 0.1) is 39.8 Å². The van der Waals surface area contributed by atoms with Crippen LogP contribution in [0, 0.1) is 13.8 Å². The SMILES string of the molecule is CCOC(=O)c1ccc2c(c1)N(Cc1nc(-c3cccc(C)c3)oc1C)C(=O)c1ccccc1S2(=O)=O. The van der Waals surface area contributed by atoms with Crippen LogP contribution in [0.25, 0.3) is 11.5 Å². The van der Waals surface area contributed by atoms with E-state index < -0.39 is 21.7 Å². The number of anilines is 1. The first-order valence-corrected chi connectivity index (χ1v) is 13.2. The van der Waals surface area contributed by atoms with Gasteiger partial charge in [-0.05, 0) is 63.2 Å². The highest BCUT2D eigenvalue weighted by Gasteiger charge is 2.36. The smallest absolute Gasteiger partial charge is 0.338 e. The van der Waals surface area contributed by atoms with Crippen LogP contribution in [0.5, 0.6) is 0 Å². The zero-order valence-corrected chi connectivity index (χ0v) is 21.3. The van der Waals surface area contributed by atoms with Gasteiger partial charge >= 0.3 is 5.97 Å². The van der Waals surface area contributed by atoms with Crippen molar-refractivity contribution in [3.63, 3.8) is 0 Å². The van der Waals surface area contributed by atoms with Crippen molar-refractivity contribution in [3.05, 3.63) is 94.9 Å². The largest absolute Gasteiger partial charge is 0.462 e. The quantitative estimate of drug-likeness (QED) is 0.339. The van der Waals surface area contributed by atoms with E-state index >= 15 is 0 Å². The Morgan fingerprint density at radius 3 is 2.54 bits per heavy atom. The van der Waals surface area contributed by atoms with Gasteiger partial charge in [-0.15, -0.1) is 0 Å². The molecule has 8 nitrogen and oxygen atoms in total. The number of aryl methyl sites for hydroxylation is 2. The lowest BCUT2D eigenvalue weighted by Gasteiger charge is -2.22. The molecule has 0 saturated carbocycles. The fraction of sp³-hybridized carbons (Fsp3) is 0.179. The van der Waals surface area contributed by atoms with Crippen molar-refractivity contribution in [1.29, 1.82) is 0 Å². The topological polar surface area (TPSA) is 107 Å². The second kappa shape index (κ2) is 9.33. The number of amides is 1. The highest BCUT2D eigenvalue weighted by atomic mass is 32.2. The van der Waals surface area contributed by atoms with Gasteiger partial charge in [0.15, 0.2) is 0 Å². The fourth-order valence-electron chi connectivity index (χ4n) is 4.33. The molecule has 4 aromatic rings.